The third-order valence-electron chi connectivity index (χ3n) is 2.60. The van der Waals surface area contributed by atoms with Crippen LogP contribution < -0.4 is 10.1 Å². The number of methoxy groups -OCH3 is 1. The summed E-state index contributed by atoms with van der Waals surface area (Å²) < 4.78 is 5.29. The van der Waals surface area contributed by atoms with E-state index in [0.29, 0.717) is 0 Å². The summed E-state index contributed by atoms with van der Waals surface area (Å²) in [4.78, 5) is 0. The third-order valence-corrected chi connectivity index (χ3v) is 2.60. The summed E-state index contributed by atoms with van der Waals surface area (Å²) >= 11 is 0. The smallest absolute Gasteiger partial charge is 0.122 e. The Kier molecular flexibility index (Phi) is 4.63. The largest absolute Gasteiger partial charge is 0.496 e. The summed E-state index contributed by atoms with van der Waals surface area (Å²) in [6.07, 6.45) is 1.17. The molecule has 0 aliphatic rings. The van der Waals surface area contributed by atoms with Crippen LogP contribution in [0.15, 0.2) is 12.1 Å². The van der Waals surface area contributed by atoms with Crippen molar-refractivity contribution in [3.8, 4) is 5.75 Å². The SMILES string of the molecule is CCCNCc1cc(C)c(OC)cc1C. The van der Waals surface area contributed by atoms with E-state index in [-0.39, 0.29) is 0 Å². The van der Waals surface area contributed by atoms with E-state index >= 15 is 0 Å². The van der Waals surface area contributed by atoms with Gasteiger partial charge in [0.2, 0.25) is 0 Å². The van der Waals surface area contributed by atoms with Gasteiger partial charge in [-0.25, -0.2) is 0 Å². The molecule has 0 aliphatic heterocycles. The van der Waals surface area contributed by atoms with E-state index in [2.05, 4.69) is 38.2 Å². The standard InChI is InChI=1S/C13H21NO/c1-5-6-14-9-12-7-11(3)13(15-4)8-10(12)2/h7-8,14H,5-6,9H2,1-4H3. The maximum absolute atomic E-state index is 5.29. The molecular weight excluding hydrogens is 186 g/mol. The van der Waals surface area contributed by atoms with Gasteiger partial charge in [-0.3, -0.25) is 0 Å². The first-order valence-corrected chi connectivity index (χ1v) is 5.53. The molecule has 15 heavy (non-hydrogen) atoms. The molecule has 0 aromatic heterocycles. The number of ether oxygens (including phenoxy) is 1. The lowest BCUT2D eigenvalue weighted by Gasteiger charge is -2.11. The van der Waals surface area contributed by atoms with Gasteiger partial charge in [-0.1, -0.05) is 13.0 Å². The molecular formula is C13H21NO. The van der Waals surface area contributed by atoms with Crippen molar-refractivity contribution in [3.05, 3.63) is 28.8 Å². The van der Waals surface area contributed by atoms with Crippen LogP contribution in [0, 0.1) is 13.8 Å². The van der Waals surface area contributed by atoms with Crippen LogP contribution in [-0.2, 0) is 6.54 Å². The quantitative estimate of drug-likeness (QED) is 0.750. The Labute approximate surface area is 92.6 Å². The molecule has 2 heteroatoms. The van der Waals surface area contributed by atoms with Gasteiger partial charge in [-0.2, -0.15) is 0 Å². The van der Waals surface area contributed by atoms with Crippen LogP contribution in [0.25, 0.3) is 0 Å². The maximum atomic E-state index is 5.29. The monoisotopic (exact) mass is 207 g/mol. The van der Waals surface area contributed by atoms with Gasteiger partial charge in [-0.15, -0.1) is 0 Å². The van der Waals surface area contributed by atoms with Crippen LogP contribution >= 0.6 is 0 Å². The number of rotatable bonds is 5. The van der Waals surface area contributed by atoms with Crippen molar-refractivity contribution in [1.82, 2.24) is 5.32 Å². The Hall–Kier alpha value is -1.02. The first-order valence-electron chi connectivity index (χ1n) is 5.53. The Bertz CT molecular complexity index is 321. The van der Waals surface area contributed by atoms with E-state index < -0.39 is 0 Å². The van der Waals surface area contributed by atoms with Crippen LogP contribution in [0.5, 0.6) is 5.75 Å². The summed E-state index contributed by atoms with van der Waals surface area (Å²) in [5, 5.41) is 3.42. The van der Waals surface area contributed by atoms with Gasteiger partial charge in [-0.05, 0) is 49.6 Å². The number of aryl methyl sites for hydroxylation is 2. The number of hydrogen-bond acceptors (Lipinski definition) is 2. The van der Waals surface area contributed by atoms with Gasteiger partial charge in [0.25, 0.3) is 0 Å². The fourth-order valence-electron chi connectivity index (χ4n) is 1.66. The number of hydrogen-bond donors (Lipinski definition) is 1. The first kappa shape index (κ1) is 12.1. The van der Waals surface area contributed by atoms with Crippen molar-refractivity contribution in [2.75, 3.05) is 13.7 Å². The van der Waals surface area contributed by atoms with E-state index in [1.165, 1.54) is 23.1 Å². The van der Waals surface area contributed by atoms with Crippen LogP contribution in [0.1, 0.15) is 30.0 Å². The van der Waals surface area contributed by atoms with Crippen LogP contribution in [-0.4, -0.2) is 13.7 Å². The topological polar surface area (TPSA) is 21.3 Å². The lowest BCUT2D eigenvalue weighted by atomic mass is 10.0. The predicted molar refractivity (Wildman–Crippen MR) is 64.5 cm³/mol. The second-order valence-electron chi connectivity index (χ2n) is 3.93. The Morgan fingerprint density at radius 2 is 1.93 bits per heavy atom. The fourth-order valence-corrected chi connectivity index (χ4v) is 1.66. The molecule has 2 nitrogen and oxygen atoms in total. The highest BCUT2D eigenvalue weighted by molar-refractivity contribution is 5.41. The number of nitrogens with one attached hydrogen (secondary N) is 1. The second kappa shape index (κ2) is 5.76. The minimum Gasteiger partial charge on any atom is -0.496 e. The summed E-state index contributed by atoms with van der Waals surface area (Å²) in [6.45, 7) is 8.42. The van der Waals surface area contributed by atoms with Crippen molar-refractivity contribution in [3.63, 3.8) is 0 Å². The van der Waals surface area contributed by atoms with Crippen LogP contribution in [0.2, 0.25) is 0 Å². The fraction of sp³-hybridized carbons (Fsp3) is 0.538. The zero-order chi connectivity index (χ0) is 11.3. The van der Waals surface area contributed by atoms with Gasteiger partial charge in [0.15, 0.2) is 0 Å². The third kappa shape index (κ3) is 3.24. The average molecular weight is 207 g/mol. The minimum absolute atomic E-state index is 0.949. The maximum Gasteiger partial charge on any atom is 0.122 e. The lowest BCUT2D eigenvalue weighted by molar-refractivity contribution is 0.411. The molecule has 0 atom stereocenters. The lowest BCUT2D eigenvalue weighted by Crippen LogP contribution is -2.14. The first-order chi connectivity index (χ1) is 7.19. The molecule has 0 unspecified atom stereocenters. The highest BCUT2D eigenvalue weighted by Crippen LogP contribution is 2.22. The highest BCUT2D eigenvalue weighted by atomic mass is 16.5. The van der Waals surface area contributed by atoms with Crippen molar-refractivity contribution in [1.29, 1.82) is 0 Å². The molecule has 1 aromatic carbocycles. The summed E-state index contributed by atoms with van der Waals surface area (Å²) in [5.74, 6) is 0.978. The zero-order valence-electron chi connectivity index (χ0n) is 10.2. The van der Waals surface area contributed by atoms with E-state index in [0.717, 1.165) is 18.8 Å². The molecule has 0 bridgehead atoms. The molecule has 0 saturated heterocycles. The van der Waals surface area contributed by atoms with Crippen LogP contribution in [0.4, 0.5) is 0 Å². The van der Waals surface area contributed by atoms with Gasteiger partial charge in [0.1, 0.15) is 5.75 Å². The second-order valence-corrected chi connectivity index (χ2v) is 3.93. The average Bonchev–Trinajstić information content (AvgIpc) is 2.23. The molecule has 84 valence electrons. The van der Waals surface area contributed by atoms with E-state index in [4.69, 9.17) is 4.74 Å². The van der Waals surface area contributed by atoms with Gasteiger partial charge >= 0.3 is 0 Å². The van der Waals surface area contributed by atoms with E-state index in [1.807, 2.05) is 0 Å². The Morgan fingerprint density at radius 3 is 2.53 bits per heavy atom. The van der Waals surface area contributed by atoms with Crippen molar-refractivity contribution >= 4 is 0 Å². The summed E-state index contributed by atoms with van der Waals surface area (Å²) in [6, 6.07) is 4.31. The van der Waals surface area contributed by atoms with Crippen molar-refractivity contribution in [2.24, 2.45) is 0 Å². The molecule has 0 heterocycles. The molecule has 1 N–H and O–H groups in total. The summed E-state index contributed by atoms with van der Waals surface area (Å²) in [7, 11) is 1.72. The van der Waals surface area contributed by atoms with Gasteiger partial charge in [0, 0.05) is 6.54 Å². The van der Waals surface area contributed by atoms with E-state index in [1.54, 1.807) is 7.11 Å². The molecule has 0 spiro atoms. The molecule has 0 aliphatic carbocycles. The molecule has 0 fully saturated rings. The molecule has 0 radical (unpaired) electrons. The van der Waals surface area contributed by atoms with Crippen molar-refractivity contribution in [2.45, 2.75) is 33.7 Å². The Balaban J connectivity index is 2.76. The van der Waals surface area contributed by atoms with Crippen LogP contribution in [0.3, 0.4) is 0 Å². The van der Waals surface area contributed by atoms with Crippen molar-refractivity contribution < 1.29 is 4.74 Å². The Morgan fingerprint density at radius 1 is 1.20 bits per heavy atom. The summed E-state index contributed by atoms with van der Waals surface area (Å²) in [5.41, 5.74) is 3.86. The molecule has 1 aromatic rings. The van der Waals surface area contributed by atoms with Gasteiger partial charge < -0.3 is 10.1 Å². The zero-order valence-corrected chi connectivity index (χ0v) is 10.2. The van der Waals surface area contributed by atoms with Gasteiger partial charge in [0.05, 0.1) is 7.11 Å². The molecule has 1 rings (SSSR count). The minimum atomic E-state index is 0.949. The normalized spacial score (nSPS) is 10.4. The van der Waals surface area contributed by atoms with E-state index in [9.17, 15) is 0 Å². The predicted octanol–water partition coefficient (Wildman–Crippen LogP) is 2.81. The number of benzene rings is 1. The molecule has 0 saturated carbocycles. The molecule has 0 amide bonds. The highest BCUT2D eigenvalue weighted by Gasteiger charge is 2.03.